The average molecular weight is 214 g/mol. The first-order valence-corrected chi connectivity index (χ1v) is 6.40. The number of nitrogens with one attached hydrogen (secondary N) is 1. The van der Waals surface area contributed by atoms with Crippen LogP contribution in [0.2, 0.25) is 0 Å². The molecule has 0 aromatic heterocycles. The van der Waals surface area contributed by atoms with Gasteiger partial charge in [-0.05, 0) is 51.9 Å². The van der Waals surface area contributed by atoms with Gasteiger partial charge in [0, 0.05) is 6.04 Å². The third-order valence-electron chi connectivity index (χ3n) is 3.29. The highest BCUT2D eigenvalue weighted by Crippen LogP contribution is 2.10. The van der Waals surface area contributed by atoms with Crippen LogP contribution in [0.25, 0.3) is 0 Å². The lowest BCUT2D eigenvalue weighted by atomic mass is 10.0. The first-order chi connectivity index (χ1) is 6.99. The molecule has 0 amide bonds. The van der Waals surface area contributed by atoms with Gasteiger partial charge >= 0.3 is 0 Å². The highest BCUT2D eigenvalue weighted by Gasteiger charge is 2.16. The van der Waals surface area contributed by atoms with Crippen LogP contribution < -0.4 is 5.32 Å². The predicted octanol–water partition coefficient (Wildman–Crippen LogP) is 2.60. The quantitative estimate of drug-likeness (QED) is 0.668. The first kappa shape index (κ1) is 14.9. The summed E-state index contributed by atoms with van der Waals surface area (Å²) in [5.41, 5.74) is 0. The molecule has 0 saturated carbocycles. The van der Waals surface area contributed by atoms with Crippen LogP contribution in [0.1, 0.15) is 41.0 Å². The molecule has 0 aromatic carbocycles. The monoisotopic (exact) mass is 214 g/mol. The second-order valence-corrected chi connectivity index (χ2v) is 5.19. The number of nitrogens with zero attached hydrogens (tertiary/aromatic N) is 1. The fourth-order valence-electron chi connectivity index (χ4n) is 1.64. The van der Waals surface area contributed by atoms with E-state index in [2.05, 4.69) is 51.9 Å². The van der Waals surface area contributed by atoms with E-state index in [1.165, 1.54) is 13.0 Å². The van der Waals surface area contributed by atoms with Crippen LogP contribution in [0.15, 0.2) is 0 Å². The zero-order chi connectivity index (χ0) is 11.8. The Kier molecular flexibility index (Phi) is 8.07. The zero-order valence-corrected chi connectivity index (χ0v) is 11.5. The van der Waals surface area contributed by atoms with Gasteiger partial charge in [-0.1, -0.05) is 27.7 Å². The Morgan fingerprint density at radius 3 is 2.20 bits per heavy atom. The van der Waals surface area contributed by atoms with Crippen molar-refractivity contribution in [1.82, 2.24) is 10.2 Å². The van der Waals surface area contributed by atoms with Crippen molar-refractivity contribution in [2.45, 2.75) is 47.1 Å². The van der Waals surface area contributed by atoms with E-state index in [1.54, 1.807) is 0 Å². The van der Waals surface area contributed by atoms with Crippen LogP contribution in [0.3, 0.4) is 0 Å². The molecule has 2 heteroatoms. The Morgan fingerprint density at radius 1 is 1.13 bits per heavy atom. The van der Waals surface area contributed by atoms with E-state index in [4.69, 9.17) is 0 Å². The summed E-state index contributed by atoms with van der Waals surface area (Å²) in [6, 6.07) is 0.669. The molecule has 0 aliphatic heterocycles. The summed E-state index contributed by atoms with van der Waals surface area (Å²) in [6.07, 6.45) is 1.30. The van der Waals surface area contributed by atoms with E-state index in [9.17, 15) is 0 Å². The summed E-state index contributed by atoms with van der Waals surface area (Å²) >= 11 is 0. The van der Waals surface area contributed by atoms with Crippen LogP contribution in [-0.4, -0.2) is 37.6 Å². The summed E-state index contributed by atoms with van der Waals surface area (Å²) < 4.78 is 0. The lowest BCUT2D eigenvalue weighted by molar-refractivity contribution is 0.188. The van der Waals surface area contributed by atoms with E-state index in [1.807, 2.05) is 0 Å². The molecular formula is C13H30N2. The number of rotatable bonds is 8. The minimum Gasteiger partial charge on any atom is -0.317 e. The van der Waals surface area contributed by atoms with E-state index < -0.39 is 0 Å². The molecule has 0 heterocycles. The Balaban J connectivity index is 3.79. The maximum absolute atomic E-state index is 3.42. The number of hydrogen-bond acceptors (Lipinski definition) is 2. The van der Waals surface area contributed by atoms with Gasteiger partial charge in [0.25, 0.3) is 0 Å². The van der Waals surface area contributed by atoms with Crippen LogP contribution in [0, 0.1) is 11.8 Å². The molecule has 0 rings (SSSR count). The van der Waals surface area contributed by atoms with E-state index in [-0.39, 0.29) is 0 Å². The van der Waals surface area contributed by atoms with Crippen LogP contribution in [-0.2, 0) is 0 Å². The Hall–Kier alpha value is -0.0800. The lowest BCUT2D eigenvalue weighted by Gasteiger charge is -2.30. The highest BCUT2D eigenvalue weighted by atomic mass is 15.1. The standard InChI is InChI=1S/C13H30N2/c1-7-14-10-12(4)13(5)15(6)9-8-11(2)3/h11-14H,7-10H2,1-6H3. The fourth-order valence-corrected chi connectivity index (χ4v) is 1.64. The molecule has 0 fully saturated rings. The first-order valence-electron chi connectivity index (χ1n) is 6.40. The molecule has 92 valence electrons. The van der Waals surface area contributed by atoms with Crippen molar-refractivity contribution < 1.29 is 0 Å². The van der Waals surface area contributed by atoms with Gasteiger partial charge in [0.2, 0.25) is 0 Å². The van der Waals surface area contributed by atoms with Crippen LogP contribution in [0.4, 0.5) is 0 Å². The Bertz CT molecular complexity index is 145. The third-order valence-corrected chi connectivity index (χ3v) is 3.29. The van der Waals surface area contributed by atoms with E-state index >= 15 is 0 Å². The SMILES string of the molecule is CCNCC(C)C(C)N(C)CCC(C)C. The minimum atomic E-state index is 0.669. The van der Waals surface area contributed by atoms with Crippen molar-refractivity contribution >= 4 is 0 Å². The summed E-state index contributed by atoms with van der Waals surface area (Å²) in [4.78, 5) is 2.49. The normalized spacial score (nSPS) is 16.0. The maximum Gasteiger partial charge on any atom is 0.0102 e. The second-order valence-electron chi connectivity index (χ2n) is 5.19. The van der Waals surface area contributed by atoms with Gasteiger partial charge in [-0.3, -0.25) is 0 Å². The molecule has 2 atom stereocenters. The summed E-state index contributed by atoms with van der Waals surface area (Å²) in [6.45, 7) is 14.8. The molecule has 15 heavy (non-hydrogen) atoms. The second kappa shape index (κ2) is 8.12. The lowest BCUT2D eigenvalue weighted by Crippen LogP contribution is -2.39. The molecule has 0 aliphatic rings. The van der Waals surface area contributed by atoms with Crippen molar-refractivity contribution in [2.24, 2.45) is 11.8 Å². The molecular weight excluding hydrogens is 184 g/mol. The molecule has 1 N–H and O–H groups in total. The topological polar surface area (TPSA) is 15.3 Å². The predicted molar refractivity (Wildman–Crippen MR) is 69.3 cm³/mol. The molecule has 2 nitrogen and oxygen atoms in total. The van der Waals surface area contributed by atoms with Crippen molar-refractivity contribution in [3.8, 4) is 0 Å². The maximum atomic E-state index is 3.42. The van der Waals surface area contributed by atoms with Crippen LogP contribution in [0.5, 0.6) is 0 Å². The Labute approximate surface area is 96.4 Å². The minimum absolute atomic E-state index is 0.669. The van der Waals surface area contributed by atoms with Crippen molar-refractivity contribution in [2.75, 3.05) is 26.7 Å². The van der Waals surface area contributed by atoms with Gasteiger partial charge in [0.05, 0.1) is 0 Å². The Morgan fingerprint density at radius 2 is 1.73 bits per heavy atom. The molecule has 0 aromatic rings. The van der Waals surface area contributed by atoms with Gasteiger partial charge in [-0.2, -0.15) is 0 Å². The smallest absolute Gasteiger partial charge is 0.0102 e. The molecule has 2 unspecified atom stereocenters. The van der Waals surface area contributed by atoms with Gasteiger partial charge in [-0.25, -0.2) is 0 Å². The largest absolute Gasteiger partial charge is 0.317 e. The van der Waals surface area contributed by atoms with Gasteiger partial charge in [-0.15, -0.1) is 0 Å². The van der Waals surface area contributed by atoms with Crippen molar-refractivity contribution in [3.05, 3.63) is 0 Å². The van der Waals surface area contributed by atoms with Crippen LogP contribution >= 0.6 is 0 Å². The summed E-state index contributed by atoms with van der Waals surface area (Å²) in [5.74, 6) is 1.53. The summed E-state index contributed by atoms with van der Waals surface area (Å²) in [5, 5.41) is 3.42. The van der Waals surface area contributed by atoms with E-state index in [0.29, 0.717) is 6.04 Å². The van der Waals surface area contributed by atoms with Crippen molar-refractivity contribution in [3.63, 3.8) is 0 Å². The third kappa shape index (κ3) is 6.91. The zero-order valence-electron chi connectivity index (χ0n) is 11.5. The van der Waals surface area contributed by atoms with Crippen molar-refractivity contribution in [1.29, 1.82) is 0 Å². The highest BCUT2D eigenvalue weighted by molar-refractivity contribution is 4.72. The molecule has 0 aliphatic carbocycles. The summed E-state index contributed by atoms with van der Waals surface area (Å²) in [7, 11) is 2.25. The van der Waals surface area contributed by atoms with Gasteiger partial charge in [0.15, 0.2) is 0 Å². The average Bonchev–Trinajstić information content (AvgIpc) is 2.21. The molecule has 0 radical (unpaired) electrons. The molecule has 0 spiro atoms. The van der Waals surface area contributed by atoms with Gasteiger partial charge < -0.3 is 10.2 Å². The molecule has 0 saturated heterocycles. The fraction of sp³-hybridized carbons (Fsp3) is 1.00. The van der Waals surface area contributed by atoms with E-state index in [0.717, 1.165) is 24.9 Å². The molecule has 0 bridgehead atoms. The van der Waals surface area contributed by atoms with Gasteiger partial charge in [0.1, 0.15) is 0 Å². The number of hydrogen-bond donors (Lipinski definition) is 1.